The molecule has 2 aromatic heterocycles. The van der Waals surface area contributed by atoms with Gasteiger partial charge in [-0.05, 0) is 31.8 Å². The first-order chi connectivity index (χ1) is 7.79. The summed E-state index contributed by atoms with van der Waals surface area (Å²) in [6, 6.07) is 1.92. The lowest BCUT2D eigenvalue weighted by molar-refractivity contribution is 0.527. The summed E-state index contributed by atoms with van der Waals surface area (Å²) in [5, 5.41) is 3.80. The molecule has 0 aromatic carbocycles. The molecule has 1 N–H and O–H groups in total. The highest BCUT2D eigenvalue weighted by Crippen LogP contribution is 2.27. The van der Waals surface area contributed by atoms with E-state index in [4.69, 9.17) is 4.42 Å². The molecule has 0 saturated heterocycles. The number of aromatic nitrogens is 2. The third kappa shape index (κ3) is 2.62. The van der Waals surface area contributed by atoms with Crippen LogP contribution >= 0.6 is 11.8 Å². The molecule has 2 rings (SSSR count). The zero-order chi connectivity index (χ0) is 11.4. The van der Waals surface area contributed by atoms with Gasteiger partial charge in [0.1, 0.15) is 5.76 Å². The van der Waals surface area contributed by atoms with E-state index in [1.165, 1.54) is 11.8 Å². The fourth-order valence-electron chi connectivity index (χ4n) is 1.27. The highest BCUT2D eigenvalue weighted by molar-refractivity contribution is 7.99. The Hall–Kier alpha value is -1.33. The van der Waals surface area contributed by atoms with Crippen LogP contribution in [-0.2, 0) is 6.54 Å². The van der Waals surface area contributed by atoms with Crippen molar-refractivity contribution in [3.05, 3.63) is 36.0 Å². The average Bonchev–Trinajstić information content (AvgIpc) is 2.68. The van der Waals surface area contributed by atoms with Gasteiger partial charge < -0.3 is 9.73 Å². The Balaban J connectivity index is 2.08. The van der Waals surface area contributed by atoms with Gasteiger partial charge in [-0.2, -0.15) is 0 Å². The summed E-state index contributed by atoms with van der Waals surface area (Å²) in [6.45, 7) is 2.72. The molecular formula is C11H13N3OS. The zero-order valence-corrected chi connectivity index (χ0v) is 10.0. The minimum absolute atomic E-state index is 0.740. The van der Waals surface area contributed by atoms with E-state index in [2.05, 4.69) is 15.3 Å². The molecule has 0 atom stereocenters. The predicted octanol–water partition coefficient (Wildman–Crippen LogP) is 2.25. The van der Waals surface area contributed by atoms with Crippen LogP contribution in [0.15, 0.2) is 39.2 Å². The SMILES string of the molecule is CNCc1cnc(Sc2ccoc2C)nc1. The van der Waals surface area contributed by atoms with Crippen LogP contribution in [0.4, 0.5) is 0 Å². The fraction of sp³-hybridized carbons (Fsp3) is 0.273. The van der Waals surface area contributed by atoms with Gasteiger partial charge >= 0.3 is 0 Å². The van der Waals surface area contributed by atoms with Gasteiger partial charge in [0.15, 0.2) is 5.16 Å². The van der Waals surface area contributed by atoms with Crippen LogP contribution in [0.5, 0.6) is 0 Å². The third-order valence-corrected chi connectivity index (χ3v) is 3.11. The first-order valence-corrected chi connectivity index (χ1v) is 5.78. The highest BCUT2D eigenvalue weighted by atomic mass is 32.2. The van der Waals surface area contributed by atoms with Gasteiger partial charge in [-0.15, -0.1) is 0 Å². The molecule has 0 saturated carbocycles. The van der Waals surface area contributed by atoms with Gasteiger partial charge in [-0.3, -0.25) is 0 Å². The van der Waals surface area contributed by atoms with Crippen LogP contribution in [0.1, 0.15) is 11.3 Å². The van der Waals surface area contributed by atoms with E-state index in [1.807, 2.05) is 32.4 Å². The Morgan fingerprint density at radius 1 is 1.38 bits per heavy atom. The number of aryl methyl sites for hydroxylation is 1. The number of furan rings is 1. The lowest BCUT2D eigenvalue weighted by atomic mass is 10.3. The first kappa shape index (κ1) is 11.2. The summed E-state index contributed by atoms with van der Waals surface area (Å²) in [6.07, 6.45) is 5.34. The average molecular weight is 235 g/mol. The van der Waals surface area contributed by atoms with Crippen molar-refractivity contribution < 1.29 is 4.42 Å². The minimum Gasteiger partial charge on any atom is -0.468 e. The molecule has 0 aliphatic carbocycles. The standard InChI is InChI=1S/C11H13N3OS/c1-8-10(3-4-15-8)16-11-13-6-9(5-12-2)7-14-11/h3-4,6-7,12H,5H2,1-2H3. The van der Waals surface area contributed by atoms with Crippen molar-refractivity contribution in [3.8, 4) is 0 Å². The molecule has 0 aliphatic heterocycles. The largest absolute Gasteiger partial charge is 0.468 e. The molecule has 16 heavy (non-hydrogen) atoms. The molecule has 0 spiro atoms. The van der Waals surface area contributed by atoms with Gasteiger partial charge in [0, 0.05) is 24.5 Å². The van der Waals surface area contributed by atoms with Gasteiger partial charge in [0.25, 0.3) is 0 Å². The van der Waals surface area contributed by atoms with Crippen molar-refractivity contribution in [2.45, 2.75) is 23.5 Å². The molecule has 0 amide bonds. The molecule has 4 nitrogen and oxygen atoms in total. The second-order valence-electron chi connectivity index (χ2n) is 3.35. The minimum atomic E-state index is 0.740. The second kappa shape index (κ2) is 5.14. The molecule has 2 aromatic rings. The van der Waals surface area contributed by atoms with Crippen LogP contribution in [0.25, 0.3) is 0 Å². The van der Waals surface area contributed by atoms with E-state index >= 15 is 0 Å². The van der Waals surface area contributed by atoms with Crippen LogP contribution in [0, 0.1) is 6.92 Å². The molecular weight excluding hydrogens is 222 g/mol. The van der Waals surface area contributed by atoms with E-state index in [1.54, 1.807) is 6.26 Å². The molecule has 5 heteroatoms. The van der Waals surface area contributed by atoms with Crippen LogP contribution in [-0.4, -0.2) is 17.0 Å². The van der Waals surface area contributed by atoms with E-state index in [9.17, 15) is 0 Å². The summed E-state index contributed by atoms with van der Waals surface area (Å²) in [5.41, 5.74) is 1.08. The monoisotopic (exact) mass is 235 g/mol. The molecule has 0 aliphatic rings. The number of nitrogens with one attached hydrogen (secondary N) is 1. The third-order valence-electron chi connectivity index (χ3n) is 2.07. The van der Waals surface area contributed by atoms with E-state index in [0.717, 1.165) is 27.9 Å². The topological polar surface area (TPSA) is 51.0 Å². The number of nitrogens with zero attached hydrogens (tertiary/aromatic N) is 2. The van der Waals surface area contributed by atoms with Crippen molar-refractivity contribution in [2.75, 3.05) is 7.05 Å². The highest BCUT2D eigenvalue weighted by Gasteiger charge is 2.05. The normalized spacial score (nSPS) is 10.6. The molecule has 0 bridgehead atoms. The van der Waals surface area contributed by atoms with Crippen molar-refractivity contribution in [2.24, 2.45) is 0 Å². The maximum atomic E-state index is 5.21. The lowest BCUT2D eigenvalue weighted by Crippen LogP contribution is -2.05. The Morgan fingerprint density at radius 2 is 2.12 bits per heavy atom. The Morgan fingerprint density at radius 3 is 2.69 bits per heavy atom. The zero-order valence-electron chi connectivity index (χ0n) is 9.23. The van der Waals surface area contributed by atoms with E-state index < -0.39 is 0 Å². The smallest absolute Gasteiger partial charge is 0.192 e. The summed E-state index contributed by atoms with van der Waals surface area (Å²) in [4.78, 5) is 9.62. The number of hydrogen-bond donors (Lipinski definition) is 1. The van der Waals surface area contributed by atoms with Crippen LogP contribution in [0.2, 0.25) is 0 Å². The lowest BCUT2D eigenvalue weighted by Gasteiger charge is -2.00. The molecule has 84 valence electrons. The molecule has 0 unspecified atom stereocenters. The van der Waals surface area contributed by atoms with Crippen molar-refractivity contribution >= 4 is 11.8 Å². The summed E-state index contributed by atoms with van der Waals surface area (Å²) < 4.78 is 5.21. The quantitative estimate of drug-likeness (QED) is 0.824. The number of rotatable bonds is 4. The van der Waals surface area contributed by atoms with Crippen molar-refractivity contribution in [1.29, 1.82) is 0 Å². The fourth-order valence-corrected chi connectivity index (χ4v) is 1.99. The Kier molecular flexibility index (Phi) is 3.58. The molecule has 2 heterocycles. The maximum Gasteiger partial charge on any atom is 0.192 e. The van der Waals surface area contributed by atoms with Gasteiger partial charge in [0.05, 0.1) is 11.2 Å². The summed E-state index contributed by atoms with van der Waals surface area (Å²) in [5.74, 6) is 0.896. The van der Waals surface area contributed by atoms with Gasteiger partial charge in [-0.25, -0.2) is 9.97 Å². The van der Waals surface area contributed by atoms with E-state index in [0.29, 0.717) is 0 Å². The second-order valence-corrected chi connectivity index (χ2v) is 4.36. The van der Waals surface area contributed by atoms with Crippen molar-refractivity contribution in [1.82, 2.24) is 15.3 Å². The summed E-state index contributed by atoms with van der Waals surface area (Å²) >= 11 is 1.51. The number of hydrogen-bond acceptors (Lipinski definition) is 5. The Bertz CT molecular complexity index is 453. The van der Waals surface area contributed by atoms with Crippen LogP contribution < -0.4 is 5.32 Å². The predicted molar refractivity (Wildman–Crippen MR) is 62.4 cm³/mol. The summed E-state index contributed by atoms with van der Waals surface area (Å²) in [7, 11) is 1.90. The maximum absolute atomic E-state index is 5.21. The Labute approximate surface area is 98.5 Å². The van der Waals surface area contributed by atoms with Crippen LogP contribution in [0.3, 0.4) is 0 Å². The molecule has 0 radical (unpaired) electrons. The van der Waals surface area contributed by atoms with Crippen molar-refractivity contribution in [3.63, 3.8) is 0 Å². The van der Waals surface area contributed by atoms with E-state index in [-0.39, 0.29) is 0 Å². The molecule has 0 fully saturated rings. The van der Waals surface area contributed by atoms with Gasteiger partial charge in [0.2, 0.25) is 0 Å². The first-order valence-electron chi connectivity index (χ1n) is 4.97. The van der Waals surface area contributed by atoms with Gasteiger partial charge in [-0.1, -0.05) is 0 Å².